The molecule has 0 saturated heterocycles. The van der Waals surface area contributed by atoms with Crippen molar-refractivity contribution in [3.05, 3.63) is 93.4 Å². The maximum atomic E-state index is 12.7. The second kappa shape index (κ2) is 9.18. The van der Waals surface area contributed by atoms with E-state index in [-0.39, 0.29) is 11.8 Å². The molecule has 158 valence electrons. The number of carbonyl (C=O) groups is 2. The van der Waals surface area contributed by atoms with Gasteiger partial charge in [0.25, 0.3) is 11.8 Å². The van der Waals surface area contributed by atoms with Gasteiger partial charge in [-0.15, -0.1) is 0 Å². The SMILES string of the molecule is Cc1c(C(=O)NCc2ccccc2)oc2c1/C(=N/NC(=O)c1ccc(Cl)cc1)CCC2. The minimum Gasteiger partial charge on any atom is -0.455 e. The van der Waals surface area contributed by atoms with E-state index in [1.54, 1.807) is 24.3 Å². The Kier molecular flexibility index (Phi) is 6.18. The zero-order chi connectivity index (χ0) is 21.8. The largest absolute Gasteiger partial charge is 0.455 e. The number of hydrogen-bond acceptors (Lipinski definition) is 4. The van der Waals surface area contributed by atoms with E-state index in [9.17, 15) is 9.59 Å². The molecule has 0 bridgehead atoms. The molecule has 1 aliphatic carbocycles. The molecule has 3 aromatic rings. The number of halogens is 1. The zero-order valence-corrected chi connectivity index (χ0v) is 17.8. The van der Waals surface area contributed by atoms with Gasteiger partial charge in [0.05, 0.1) is 5.71 Å². The van der Waals surface area contributed by atoms with Crippen molar-refractivity contribution in [3.63, 3.8) is 0 Å². The van der Waals surface area contributed by atoms with Gasteiger partial charge in [-0.05, 0) is 49.6 Å². The predicted molar refractivity (Wildman–Crippen MR) is 119 cm³/mol. The molecule has 0 unspecified atom stereocenters. The van der Waals surface area contributed by atoms with Crippen LogP contribution in [0.3, 0.4) is 0 Å². The molecular formula is C24H22ClN3O3. The van der Waals surface area contributed by atoms with Crippen molar-refractivity contribution in [2.75, 3.05) is 0 Å². The standard InChI is InChI=1S/C24H22ClN3O3/c1-15-21-19(27-28-23(29)17-10-12-18(25)13-11-17)8-5-9-20(21)31-22(15)24(30)26-14-16-6-3-2-4-7-16/h2-4,6-7,10-13H,5,8-9,14H2,1H3,(H,26,30)(H,28,29)/b27-19+. The van der Waals surface area contributed by atoms with Crippen molar-refractivity contribution in [2.24, 2.45) is 5.10 Å². The van der Waals surface area contributed by atoms with Crippen LogP contribution in [0.4, 0.5) is 0 Å². The first kappa shape index (κ1) is 20.9. The van der Waals surface area contributed by atoms with E-state index >= 15 is 0 Å². The van der Waals surface area contributed by atoms with Crippen molar-refractivity contribution in [3.8, 4) is 0 Å². The number of benzene rings is 2. The van der Waals surface area contributed by atoms with Crippen LogP contribution in [0.25, 0.3) is 0 Å². The molecule has 1 heterocycles. The fourth-order valence-electron chi connectivity index (χ4n) is 3.64. The van der Waals surface area contributed by atoms with Gasteiger partial charge in [-0.25, -0.2) is 5.43 Å². The van der Waals surface area contributed by atoms with Crippen LogP contribution in [-0.2, 0) is 13.0 Å². The van der Waals surface area contributed by atoms with E-state index in [2.05, 4.69) is 15.8 Å². The van der Waals surface area contributed by atoms with Crippen LogP contribution in [-0.4, -0.2) is 17.5 Å². The molecule has 2 amide bonds. The van der Waals surface area contributed by atoms with Gasteiger partial charge in [0, 0.05) is 34.7 Å². The maximum Gasteiger partial charge on any atom is 0.287 e. The Morgan fingerprint density at radius 1 is 1.03 bits per heavy atom. The van der Waals surface area contributed by atoms with Gasteiger partial charge < -0.3 is 9.73 Å². The lowest BCUT2D eigenvalue weighted by molar-refractivity contribution is 0.0919. The Labute approximate surface area is 185 Å². The van der Waals surface area contributed by atoms with Crippen LogP contribution in [0.5, 0.6) is 0 Å². The topological polar surface area (TPSA) is 83.7 Å². The summed E-state index contributed by atoms with van der Waals surface area (Å²) in [5, 5.41) is 7.81. The molecule has 2 aromatic carbocycles. The molecule has 2 N–H and O–H groups in total. The molecule has 4 rings (SSSR count). The highest BCUT2D eigenvalue weighted by atomic mass is 35.5. The van der Waals surface area contributed by atoms with Crippen LogP contribution >= 0.6 is 11.6 Å². The molecule has 1 aromatic heterocycles. The average Bonchev–Trinajstić information content (AvgIpc) is 3.14. The number of hydrogen-bond donors (Lipinski definition) is 2. The number of nitrogens with zero attached hydrogens (tertiary/aromatic N) is 1. The molecular weight excluding hydrogens is 414 g/mol. The van der Waals surface area contributed by atoms with Gasteiger partial charge in [0.15, 0.2) is 5.76 Å². The Morgan fingerprint density at radius 3 is 2.52 bits per heavy atom. The highest BCUT2D eigenvalue weighted by Gasteiger charge is 2.28. The fraction of sp³-hybridized carbons (Fsp3) is 0.208. The quantitative estimate of drug-likeness (QED) is 0.572. The fourth-order valence-corrected chi connectivity index (χ4v) is 3.77. The molecule has 0 atom stereocenters. The van der Waals surface area contributed by atoms with Crippen molar-refractivity contribution in [1.82, 2.24) is 10.7 Å². The molecule has 6 nitrogen and oxygen atoms in total. The summed E-state index contributed by atoms with van der Waals surface area (Å²) in [6, 6.07) is 16.3. The highest BCUT2D eigenvalue weighted by Crippen LogP contribution is 2.30. The normalized spacial score (nSPS) is 14.2. The number of furan rings is 1. The third kappa shape index (κ3) is 4.70. The minimum absolute atomic E-state index is 0.264. The van der Waals surface area contributed by atoms with Gasteiger partial charge in [0.2, 0.25) is 0 Å². The first-order chi connectivity index (χ1) is 15.0. The lowest BCUT2D eigenvalue weighted by atomic mass is 9.93. The number of fused-ring (bicyclic) bond motifs is 1. The third-order valence-corrected chi connectivity index (χ3v) is 5.48. The van der Waals surface area contributed by atoms with E-state index in [1.807, 2.05) is 37.3 Å². The molecule has 1 aliphatic rings. The van der Waals surface area contributed by atoms with Gasteiger partial charge in [-0.1, -0.05) is 41.9 Å². The lowest BCUT2D eigenvalue weighted by Crippen LogP contribution is -2.23. The van der Waals surface area contributed by atoms with Gasteiger partial charge in [-0.3, -0.25) is 9.59 Å². The third-order valence-electron chi connectivity index (χ3n) is 5.23. The minimum atomic E-state index is -0.321. The summed E-state index contributed by atoms with van der Waals surface area (Å²) in [6.07, 6.45) is 2.26. The van der Waals surface area contributed by atoms with E-state index in [4.69, 9.17) is 16.0 Å². The molecule has 0 saturated carbocycles. The van der Waals surface area contributed by atoms with Crippen molar-refractivity contribution in [1.29, 1.82) is 0 Å². The first-order valence-corrected chi connectivity index (χ1v) is 10.5. The van der Waals surface area contributed by atoms with E-state index in [1.165, 1.54) is 0 Å². The highest BCUT2D eigenvalue weighted by molar-refractivity contribution is 6.30. The Hall–Kier alpha value is -3.38. The summed E-state index contributed by atoms with van der Waals surface area (Å²) in [5.74, 6) is 0.436. The first-order valence-electron chi connectivity index (χ1n) is 10.1. The summed E-state index contributed by atoms with van der Waals surface area (Å²) in [4.78, 5) is 25.1. The molecule has 7 heteroatoms. The summed E-state index contributed by atoms with van der Waals surface area (Å²) < 4.78 is 5.90. The Balaban J connectivity index is 1.51. The summed E-state index contributed by atoms with van der Waals surface area (Å²) in [5.41, 5.74) is 6.35. The van der Waals surface area contributed by atoms with Crippen LogP contribution in [0, 0.1) is 6.92 Å². The van der Waals surface area contributed by atoms with Crippen LogP contribution in [0.1, 0.15) is 56.2 Å². The zero-order valence-electron chi connectivity index (χ0n) is 17.1. The second-order valence-electron chi connectivity index (χ2n) is 7.38. The summed E-state index contributed by atoms with van der Waals surface area (Å²) in [6.45, 7) is 2.27. The van der Waals surface area contributed by atoms with Crippen molar-refractivity contribution >= 4 is 29.1 Å². The second-order valence-corrected chi connectivity index (χ2v) is 7.82. The predicted octanol–water partition coefficient (Wildman–Crippen LogP) is 4.64. The van der Waals surface area contributed by atoms with E-state index in [0.717, 1.165) is 35.3 Å². The van der Waals surface area contributed by atoms with Crippen molar-refractivity contribution in [2.45, 2.75) is 32.7 Å². The van der Waals surface area contributed by atoms with Gasteiger partial charge in [0.1, 0.15) is 5.76 Å². The van der Waals surface area contributed by atoms with Gasteiger partial charge in [-0.2, -0.15) is 5.10 Å². The summed E-state index contributed by atoms with van der Waals surface area (Å²) >= 11 is 5.87. The lowest BCUT2D eigenvalue weighted by Gasteiger charge is -2.13. The monoisotopic (exact) mass is 435 g/mol. The van der Waals surface area contributed by atoms with Crippen LogP contribution in [0.15, 0.2) is 64.1 Å². The number of hydrazone groups is 1. The Morgan fingerprint density at radius 2 is 1.77 bits per heavy atom. The van der Waals surface area contributed by atoms with Crippen LogP contribution < -0.4 is 10.7 Å². The number of amides is 2. The molecule has 0 aliphatic heterocycles. The molecule has 0 spiro atoms. The molecule has 0 radical (unpaired) electrons. The van der Waals surface area contributed by atoms with Crippen molar-refractivity contribution < 1.29 is 14.0 Å². The number of carbonyl (C=O) groups excluding carboxylic acids is 2. The van der Waals surface area contributed by atoms with Gasteiger partial charge >= 0.3 is 0 Å². The number of rotatable bonds is 5. The van der Waals surface area contributed by atoms with E-state index in [0.29, 0.717) is 35.0 Å². The maximum absolute atomic E-state index is 12.7. The smallest absolute Gasteiger partial charge is 0.287 e. The number of aryl methyl sites for hydroxylation is 1. The number of nitrogens with one attached hydrogen (secondary N) is 2. The average molecular weight is 436 g/mol. The molecule has 0 fully saturated rings. The summed E-state index contributed by atoms with van der Waals surface area (Å²) in [7, 11) is 0. The molecule has 31 heavy (non-hydrogen) atoms. The Bertz CT molecular complexity index is 1130. The van der Waals surface area contributed by atoms with Crippen LogP contribution in [0.2, 0.25) is 5.02 Å². The van der Waals surface area contributed by atoms with E-state index < -0.39 is 0 Å².